The molecule has 3 N–H and O–H groups in total. The molecular weight excluding hydrogens is 294 g/mol. The molecule has 0 saturated heterocycles. The van der Waals surface area contributed by atoms with Gasteiger partial charge in [0.15, 0.2) is 0 Å². The summed E-state index contributed by atoms with van der Waals surface area (Å²) in [7, 11) is -4.08. The second kappa shape index (κ2) is 5.48. The van der Waals surface area contributed by atoms with Crippen LogP contribution in [0.25, 0.3) is 0 Å². The molecule has 8 heteroatoms. The van der Waals surface area contributed by atoms with E-state index in [1.807, 2.05) is 0 Å². The van der Waals surface area contributed by atoms with Gasteiger partial charge in [-0.15, -0.1) is 0 Å². The fourth-order valence-electron chi connectivity index (χ4n) is 1.13. The first-order chi connectivity index (χ1) is 8.56. The van der Waals surface area contributed by atoms with Crippen molar-refractivity contribution >= 4 is 27.2 Å². The van der Waals surface area contributed by atoms with E-state index in [1.165, 1.54) is 0 Å². The maximum Gasteiger partial charge on any atom is 0.243 e. The Hall–Kier alpha value is -1.12. The van der Waals surface area contributed by atoms with E-state index in [2.05, 4.69) is 4.72 Å². The van der Waals surface area contributed by atoms with Crippen LogP contribution in [0.5, 0.6) is 0 Å². The molecule has 0 unspecified atom stereocenters. The monoisotopic (exact) mass is 308 g/mol. The highest BCUT2D eigenvalue weighted by molar-refractivity contribution is 7.89. The fourth-order valence-corrected chi connectivity index (χ4v) is 2.47. The standard InChI is InChI=1S/C11H14F2N2O2S2/c1-11(2,10(14)18)6-15-19(16,17)9-4-3-7(12)5-8(9)13/h3-5,15H,6H2,1-2H3,(H2,14,18). The van der Waals surface area contributed by atoms with Crippen molar-refractivity contribution in [2.75, 3.05) is 6.54 Å². The molecule has 0 aliphatic rings. The van der Waals surface area contributed by atoms with Crippen LogP contribution in [-0.4, -0.2) is 20.0 Å². The first-order valence-corrected chi connectivity index (χ1v) is 7.20. The molecular formula is C11H14F2N2O2S2. The van der Waals surface area contributed by atoms with Crippen molar-refractivity contribution in [1.29, 1.82) is 0 Å². The van der Waals surface area contributed by atoms with Crippen LogP contribution in [0.4, 0.5) is 8.78 Å². The van der Waals surface area contributed by atoms with Crippen molar-refractivity contribution in [3.8, 4) is 0 Å². The summed E-state index contributed by atoms with van der Waals surface area (Å²) >= 11 is 4.80. The van der Waals surface area contributed by atoms with Crippen molar-refractivity contribution in [2.45, 2.75) is 18.7 Å². The second-order valence-electron chi connectivity index (χ2n) is 4.65. The van der Waals surface area contributed by atoms with Crippen molar-refractivity contribution in [1.82, 2.24) is 4.72 Å². The molecule has 0 spiro atoms. The van der Waals surface area contributed by atoms with Gasteiger partial charge < -0.3 is 5.73 Å². The van der Waals surface area contributed by atoms with E-state index in [-0.39, 0.29) is 11.5 Å². The lowest BCUT2D eigenvalue weighted by molar-refractivity contribution is 0.496. The molecule has 0 bridgehead atoms. The van der Waals surface area contributed by atoms with Gasteiger partial charge in [-0.2, -0.15) is 0 Å². The van der Waals surface area contributed by atoms with Gasteiger partial charge in [0, 0.05) is 18.0 Å². The quantitative estimate of drug-likeness (QED) is 0.810. The van der Waals surface area contributed by atoms with E-state index in [1.54, 1.807) is 13.8 Å². The zero-order valence-electron chi connectivity index (χ0n) is 10.4. The Morgan fingerprint density at radius 1 is 1.42 bits per heavy atom. The highest BCUT2D eigenvalue weighted by Crippen LogP contribution is 2.18. The van der Waals surface area contributed by atoms with Crippen LogP contribution in [0, 0.1) is 17.0 Å². The smallest absolute Gasteiger partial charge is 0.243 e. The summed E-state index contributed by atoms with van der Waals surface area (Å²) in [6.45, 7) is 3.22. The lowest BCUT2D eigenvalue weighted by Gasteiger charge is -2.23. The van der Waals surface area contributed by atoms with E-state index in [0.717, 1.165) is 12.1 Å². The number of rotatable bonds is 5. The zero-order chi connectivity index (χ0) is 14.8. The third-order valence-electron chi connectivity index (χ3n) is 2.55. The summed E-state index contributed by atoms with van der Waals surface area (Å²) < 4.78 is 52.1. The first-order valence-electron chi connectivity index (χ1n) is 5.31. The highest BCUT2D eigenvalue weighted by atomic mass is 32.2. The van der Waals surface area contributed by atoms with E-state index < -0.39 is 32.0 Å². The van der Waals surface area contributed by atoms with Crippen LogP contribution in [0.2, 0.25) is 0 Å². The van der Waals surface area contributed by atoms with Crippen LogP contribution in [-0.2, 0) is 10.0 Å². The number of halogens is 2. The van der Waals surface area contributed by atoms with E-state index in [4.69, 9.17) is 18.0 Å². The number of nitrogens with two attached hydrogens (primary N) is 1. The largest absolute Gasteiger partial charge is 0.393 e. The van der Waals surface area contributed by atoms with E-state index >= 15 is 0 Å². The molecule has 0 fully saturated rings. The maximum absolute atomic E-state index is 13.4. The third-order valence-corrected chi connectivity index (χ3v) is 4.54. The van der Waals surface area contributed by atoms with Crippen LogP contribution < -0.4 is 10.5 Å². The topological polar surface area (TPSA) is 72.2 Å². The van der Waals surface area contributed by atoms with Crippen LogP contribution >= 0.6 is 12.2 Å². The Kier molecular flexibility index (Phi) is 4.59. The Labute approximate surface area is 116 Å². The summed E-state index contributed by atoms with van der Waals surface area (Å²) in [5.74, 6) is -2.00. The lowest BCUT2D eigenvalue weighted by Crippen LogP contribution is -2.41. The van der Waals surface area contributed by atoms with Gasteiger partial charge in [-0.25, -0.2) is 21.9 Å². The van der Waals surface area contributed by atoms with Crippen molar-refractivity contribution < 1.29 is 17.2 Å². The average molecular weight is 308 g/mol. The molecule has 0 saturated carbocycles. The van der Waals surface area contributed by atoms with Gasteiger partial charge in [-0.1, -0.05) is 26.1 Å². The van der Waals surface area contributed by atoms with Crippen LogP contribution in [0.3, 0.4) is 0 Å². The second-order valence-corrected chi connectivity index (χ2v) is 6.82. The number of hydrogen-bond donors (Lipinski definition) is 2. The summed E-state index contributed by atoms with van der Waals surface area (Å²) in [5.41, 5.74) is 4.71. The Morgan fingerprint density at radius 2 is 2.00 bits per heavy atom. The SMILES string of the molecule is CC(C)(CNS(=O)(=O)c1ccc(F)cc1F)C(N)=S. The molecule has 1 aromatic rings. The van der Waals surface area contributed by atoms with Gasteiger partial charge in [0.25, 0.3) is 0 Å². The Bertz CT molecular complexity index is 601. The van der Waals surface area contributed by atoms with Gasteiger partial charge in [0.05, 0.1) is 4.99 Å². The molecule has 0 aliphatic carbocycles. The molecule has 0 amide bonds. The minimum Gasteiger partial charge on any atom is -0.393 e. The first kappa shape index (κ1) is 15.9. The van der Waals surface area contributed by atoms with Crippen LogP contribution in [0.1, 0.15) is 13.8 Å². The maximum atomic E-state index is 13.4. The van der Waals surface area contributed by atoms with E-state index in [0.29, 0.717) is 6.07 Å². The fraction of sp³-hybridized carbons (Fsp3) is 0.364. The van der Waals surface area contributed by atoms with Gasteiger partial charge >= 0.3 is 0 Å². The molecule has 4 nitrogen and oxygen atoms in total. The molecule has 0 atom stereocenters. The number of benzene rings is 1. The van der Waals surface area contributed by atoms with Crippen LogP contribution in [0.15, 0.2) is 23.1 Å². The highest BCUT2D eigenvalue weighted by Gasteiger charge is 2.26. The number of thiocarbonyl (C=S) groups is 1. The lowest BCUT2D eigenvalue weighted by atomic mass is 9.94. The van der Waals surface area contributed by atoms with Crippen molar-refractivity contribution in [3.05, 3.63) is 29.8 Å². The zero-order valence-corrected chi connectivity index (χ0v) is 12.0. The molecule has 19 heavy (non-hydrogen) atoms. The molecule has 0 heterocycles. The molecule has 106 valence electrons. The average Bonchev–Trinajstić information content (AvgIpc) is 2.26. The summed E-state index contributed by atoms with van der Waals surface area (Å²) in [5, 5.41) is 0. The minimum absolute atomic E-state index is 0.0819. The van der Waals surface area contributed by atoms with Gasteiger partial charge in [0.1, 0.15) is 16.5 Å². The molecule has 1 rings (SSSR count). The van der Waals surface area contributed by atoms with Crippen molar-refractivity contribution in [2.24, 2.45) is 11.1 Å². The summed E-state index contributed by atoms with van der Waals surface area (Å²) in [4.78, 5) is -0.484. The normalized spacial score (nSPS) is 12.4. The number of hydrogen-bond acceptors (Lipinski definition) is 3. The number of nitrogens with one attached hydrogen (secondary N) is 1. The molecule has 0 aliphatic heterocycles. The summed E-state index contributed by atoms with van der Waals surface area (Å²) in [6.07, 6.45) is 0. The van der Waals surface area contributed by atoms with Gasteiger partial charge in [0.2, 0.25) is 10.0 Å². The summed E-state index contributed by atoms with van der Waals surface area (Å²) in [6, 6.07) is 2.24. The molecule has 0 radical (unpaired) electrons. The molecule has 1 aromatic carbocycles. The predicted molar refractivity (Wildman–Crippen MR) is 72.1 cm³/mol. The van der Waals surface area contributed by atoms with Crippen molar-refractivity contribution in [3.63, 3.8) is 0 Å². The third kappa shape index (κ3) is 3.92. The minimum atomic E-state index is -4.08. The Morgan fingerprint density at radius 3 is 2.47 bits per heavy atom. The Balaban J connectivity index is 2.97. The van der Waals surface area contributed by atoms with Gasteiger partial charge in [-0.3, -0.25) is 0 Å². The predicted octanol–water partition coefficient (Wildman–Crippen LogP) is 1.56. The van der Waals surface area contributed by atoms with Gasteiger partial charge in [-0.05, 0) is 12.1 Å². The number of sulfonamides is 1. The van der Waals surface area contributed by atoms with E-state index in [9.17, 15) is 17.2 Å². The molecule has 0 aromatic heterocycles.